The molecule has 0 unspecified atom stereocenters. The van der Waals surface area contributed by atoms with Gasteiger partial charge in [0.2, 0.25) is 5.91 Å². The summed E-state index contributed by atoms with van der Waals surface area (Å²) in [4.78, 5) is 12.2. The lowest BCUT2D eigenvalue weighted by atomic mass is 10.3. The van der Waals surface area contributed by atoms with Crippen LogP contribution >= 0.6 is 12.4 Å². The van der Waals surface area contributed by atoms with Crippen molar-refractivity contribution in [1.29, 1.82) is 0 Å². The van der Waals surface area contributed by atoms with Gasteiger partial charge in [0.1, 0.15) is 0 Å². The molecule has 0 rings (SSSR count). The maximum Gasteiger partial charge on any atom is 0.248 e. The Balaban J connectivity index is -0.000000173. The number of hydrogen-bond donors (Lipinski definition) is 1. The fraction of sp³-hybridized carbons (Fsp3) is 0.667. The first-order valence-electron chi connectivity index (χ1n) is 4.04. The standard InChI is InChI=1S/C6H11NO.C3H9N.ClH/c1-5(2)6(8)7(3)4;1-2-3-4;/h1H2,2-4H3;2-4H2,1H3;1H. The molecule has 0 aromatic carbocycles. The smallest absolute Gasteiger partial charge is 0.248 e. The Morgan fingerprint density at radius 3 is 1.77 bits per heavy atom. The van der Waals surface area contributed by atoms with Crippen LogP contribution in [0.3, 0.4) is 0 Å². The zero-order valence-corrected chi connectivity index (χ0v) is 9.78. The van der Waals surface area contributed by atoms with E-state index in [0.717, 1.165) is 13.0 Å². The second-order valence-corrected chi connectivity index (χ2v) is 2.77. The van der Waals surface area contributed by atoms with Crippen molar-refractivity contribution in [2.24, 2.45) is 5.73 Å². The average molecular weight is 209 g/mol. The third kappa shape index (κ3) is 14.3. The van der Waals surface area contributed by atoms with Crippen LogP contribution in [-0.2, 0) is 4.79 Å². The quantitative estimate of drug-likeness (QED) is 0.698. The molecule has 0 bridgehead atoms. The van der Waals surface area contributed by atoms with E-state index in [1.165, 1.54) is 4.90 Å². The van der Waals surface area contributed by atoms with E-state index in [0.29, 0.717) is 5.57 Å². The minimum absolute atomic E-state index is 0. The highest BCUT2D eigenvalue weighted by molar-refractivity contribution is 5.91. The van der Waals surface area contributed by atoms with Crippen molar-refractivity contribution >= 4 is 18.3 Å². The van der Waals surface area contributed by atoms with Crippen molar-refractivity contribution < 1.29 is 4.79 Å². The van der Waals surface area contributed by atoms with Crippen LogP contribution < -0.4 is 5.73 Å². The number of carbonyl (C=O) groups is 1. The van der Waals surface area contributed by atoms with Gasteiger partial charge >= 0.3 is 0 Å². The molecule has 2 N–H and O–H groups in total. The van der Waals surface area contributed by atoms with Gasteiger partial charge in [-0.15, -0.1) is 12.4 Å². The van der Waals surface area contributed by atoms with Gasteiger partial charge in [0, 0.05) is 19.7 Å². The molecule has 0 atom stereocenters. The molecular formula is C9H21ClN2O. The normalized spacial score (nSPS) is 7.46. The first kappa shape index (κ1) is 18.3. The molecule has 0 fully saturated rings. The Morgan fingerprint density at radius 1 is 1.46 bits per heavy atom. The molecule has 0 aliphatic heterocycles. The van der Waals surface area contributed by atoms with Crippen molar-refractivity contribution in [3.05, 3.63) is 12.2 Å². The molecule has 80 valence electrons. The Morgan fingerprint density at radius 2 is 1.77 bits per heavy atom. The predicted molar refractivity (Wildman–Crippen MR) is 60.1 cm³/mol. The second kappa shape index (κ2) is 11.5. The highest BCUT2D eigenvalue weighted by Gasteiger charge is 2.01. The summed E-state index contributed by atoms with van der Waals surface area (Å²) in [5.74, 6) is -0.00926. The van der Waals surface area contributed by atoms with Crippen LogP contribution in [0.1, 0.15) is 20.3 Å². The van der Waals surface area contributed by atoms with Crippen LogP contribution in [0.25, 0.3) is 0 Å². The Kier molecular flexibility index (Phi) is 16.1. The number of rotatable bonds is 2. The van der Waals surface area contributed by atoms with E-state index in [4.69, 9.17) is 5.73 Å². The van der Waals surface area contributed by atoms with E-state index in [1.807, 2.05) is 0 Å². The Labute approximate surface area is 87.4 Å². The lowest BCUT2D eigenvalue weighted by Crippen LogP contribution is -2.21. The number of amides is 1. The number of nitrogens with two attached hydrogens (primary N) is 1. The summed E-state index contributed by atoms with van der Waals surface area (Å²) < 4.78 is 0. The van der Waals surface area contributed by atoms with E-state index in [9.17, 15) is 4.79 Å². The van der Waals surface area contributed by atoms with Crippen LogP contribution in [-0.4, -0.2) is 31.4 Å². The zero-order valence-electron chi connectivity index (χ0n) is 8.96. The lowest BCUT2D eigenvalue weighted by molar-refractivity contribution is -0.124. The number of nitrogens with zero attached hydrogens (tertiary/aromatic N) is 1. The van der Waals surface area contributed by atoms with Gasteiger partial charge in [-0.05, 0) is 19.9 Å². The van der Waals surface area contributed by atoms with Gasteiger partial charge in [-0.2, -0.15) is 0 Å². The molecule has 13 heavy (non-hydrogen) atoms. The molecule has 0 aromatic rings. The molecule has 0 aliphatic rings. The van der Waals surface area contributed by atoms with Gasteiger partial charge in [-0.25, -0.2) is 0 Å². The molecule has 1 amide bonds. The van der Waals surface area contributed by atoms with Crippen LogP contribution in [0.15, 0.2) is 12.2 Å². The largest absolute Gasteiger partial charge is 0.345 e. The van der Waals surface area contributed by atoms with Gasteiger partial charge in [0.25, 0.3) is 0 Å². The average Bonchev–Trinajstić information content (AvgIpc) is 2.03. The molecule has 0 spiro atoms. The lowest BCUT2D eigenvalue weighted by Gasteiger charge is -2.07. The van der Waals surface area contributed by atoms with E-state index < -0.39 is 0 Å². The molecule has 0 aliphatic carbocycles. The predicted octanol–water partition coefficient (Wildman–Crippen LogP) is 1.43. The van der Waals surface area contributed by atoms with Crippen LogP contribution in [0.5, 0.6) is 0 Å². The van der Waals surface area contributed by atoms with Gasteiger partial charge < -0.3 is 10.6 Å². The van der Waals surface area contributed by atoms with E-state index in [2.05, 4.69) is 13.5 Å². The second-order valence-electron chi connectivity index (χ2n) is 2.77. The third-order valence-electron chi connectivity index (χ3n) is 1.06. The number of hydrogen-bond acceptors (Lipinski definition) is 2. The van der Waals surface area contributed by atoms with E-state index in [1.54, 1.807) is 21.0 Å². The summed E-state index contributed by atoms with van der Waals surface area (Å²) >= 11 is 0. The molecule has 0 saturated carbocycles. The maximum absolute atomic E-state index is 10.7. The number of carbonyl (C=O) groups excluding carboxylic acids is 1. The SMILES string of the molecule is C=C(C)C(=O)N(C)C.CCCN.Cl. The van der Waals surface area contributed by atoms with Crippen LogP contribution in [0, 0.1) is 0 Å². The van der Waals surface area contributed by atoms with Crippen molar-refractivity contribution in [2.75, 3.05) is 20.6 Å². The molecule has 3 nitrogen and oxygen atoms in total. The fourth-order valence-electron chi connectivity index (χ4n) is 0.382. The summed E-state index contributed by atoms with van der Waals surface area (Å²) in [6.45, 7) is 8.06. The molecule has 0 aromatic heterocycles. The van der Waals surface area contributed by atoms with E-state index >= 15 is 0 Å². The van der Waals surface area contributed by atoms with Gasteiger partial charge in [-0.3, -0.25) is 4.79 Å². The molecule has 0 saturated heterocycles. The van der Waals surface area contributed by atoms with Gasteiger partial charge in [0.05, 0.1) is 0 Å². The third-order valence-corrected chi connectivity index (χ3v) is 1.06. The van der Waals surface area contributed by atoms with E-state index in [-0.39, 0.29) is 18.3 Å². The number of likely N-dealkylation sites (N-methyl/N-ethyl adjacent to an activating group) is 1. The van der Waals surface area contributed by atoms with Gasteiger partial charge in [-0.1, -0.05) is 13.5 Å². The van der Waals surface area contributed by atoms with Crippen molar-refractivity contribution in [2.45, 2.75) is 20.3 Å². The Hall–Kier alpha value is -0.540. The van der Waals surface area contributed by atoms with Crippen LogP contribution in [0.2, 0.25) is 0 Å². The monoisotopic (exact) mass is 208 g/mol. The summed E-state index contributed by atoms with van der Waals surface area (Å²) in [7, 11) is 3.41. The van der Waals surface area contributed by atoms with Crippen molar-refractivity contribution in [3.8, 4) is 0 Å². The van der Waals surface area contributed by atoms with Crippen molar-refractivity contribution in [3.63, 3.8) is 0 Å². The first-order chi connectivity index (χ1) is 5.47. The minimum atomic E-state index is -0.00926. The van der Waals surface area contributed by atoms with Crippen molar-refractivity contribution in [1.82, 2.24) is 4.90 Å². The van der Waals surface area contributed by atoms with Gasteiger partial charge in [0.15, 0.2) is 0 Å². The highest BCUT2D eigenvalue weighted by Crippen LogP contribution is 1.90. The number of halogens is 1. The summed E-state index contributed by atoms with van der Waals surface area (Å²) in [6, 6.07) is 0. The topological polar surface area (TPSA) is 46.3 Å². The zero-order chi connectivity index (χ0) is 10.1. The minimum Gasteiger partial charge on any atom is -0.345 e. The van der Waals surface area contributed by atoms with Crippen LogP contribution in [0.4, 0.5) is 0 Å². The Bertz CT molecular complexity index is 145. The summed E-state index contributed by atoms with van der Waals surface area (Å²) in [5, 5.41) is 0. The first-order valence-corrected chi connectivity index (χ1v) is 4.04. The molecule has 4 heteroatoms. The highest BCUT2D eigenvalue weighted by atomic mass is 35.5. The molecular weight excluding hydrogens is 188 g/mol. The maximum atomic E-state index is 10.7. The molecule has 0 heterocycles. The molecule has 0 radical (unpaired) electrons. The summed E-state index contributed by atoms with van der Waals surface area (Å²) in [6.07, 6.45) is 1.10. The summed E-state index contributed by atoms with van der Waals surface area (Å²) in [5.41, 5.74) is 5.61. The fourth-order valence-corrected chi connectivity index (χ4v) is 0.382.